The van der Waals surface area contributed by atoms with Crippen LogP contribution in [-0.2, 0) is 4.74 Å². The molecule has 1 N–H and O–H groups in total. The molecule has 0 aliphatic heterocycles. The van der Waals surface area contributed by atoms with Crippen LogP contribution in [0.1, 0.15) is 57.4 Å². The molecule has 1 aliphatic carbocycles. The highest BCUT2D eigenvalue weighted by Gasteiger charge is 2.38. The highest BCUT2D eigenvalue weighted by atomic mass is 16.5. The molecule has 1 saturated carbocycles. The van der Waals surface area contributed by atoms with Crippen LogP contribution in [0.4, 0.5) is 5.69 Å². The van der Waals surface area contributed by atoms with Gasteiger partial charge in [0.15, 0.2) is 0 Å². The first-order valence-corrected chi connectivity index (χ1v) is 7.52. The fraction of sp³-hybridized carbons (Fsp3) is 0.647. The van der Waals surface area contributed by atoms with Gasteiger partial charge in [-0.05, 0) is 42.2 Å². The molecule has 0 saturated heterocycles. The Labute approximate surface area is 127 Å². The number of nitrogens with one attached hydrogen (secondary N) is 1. The van der Waals surface area contributed by atoms with Crippen LogP contribution in [0.2, 0.25) is 0 Å². The number of carbonyl (C=O) groups excluding carboxylic acids is 1. The first-order valence-electron chi connectivity index (χ1n) is 7.52. The molecule has 0 aromatic carbocycles. The van der Waals surface area contributed by atoms with E-state index in [9.17, 15) is 4.79 Å². The van der Waals surface area contributed by atoms with E-state index in [1.165, 1.54) is 13.5 Å². The van der Waals surface area contributed by atoms with Crippen molar-refractivity contribution in [2.45, 2.75) is 53.0 Å². The number of rotatable bonds is 3. The Morgan fingerprint density at radius 1 is 1.29 bits per heavy atom. The predicted molar refractivity (Wildman–Crippen MR) is 84.4 cm³/mol. The highest BCUT2D eigenvalue weighted by Crippen LogP contribution is 2.46. The third-order valence-electron chi connectivity index (χ3n) is 4.08. The van der Waals surface area contributed by atoms with Crippen LogP contribution in [0.3, 0.4) is 0 Å². The van der Waals surface area contributed by atoms with Gasteiger partial charge in [-0.15, -0.1) is 0 Å². The van der Waals surface area contributed by atoms with Crippen molar-refractivity contribution in [2.75, 3.05) is 12.4 Å². The molecule has 1 aliphatic rings. The molecule has 0 radical (unpaired) electrons. The summed E-state index contributed by atoms with van der Waals surface area (Å²) in [5.74, 6) is -0.400. The van der Waals surface area contributed by atoms with Crippen molar-refractivity contribution >= 4 is 11.7 Å². The molecule has 1 aromatic rings. The van der Waals surface area contributed by atoms with Crippen LogP contribution in [0.5, 0.6) is 0 Å². The largest absolute Gasteiger partial charge is 0.464 e. The van der Waals surface area contributed by atoms with Crippen molar-refractivity contribution in [3.8, 4) is 0 Å². The summed E-state index contributed by atoms with van der Waals surface area (Å²) in [5, 5.41) is 3.56. The van der Waals surface area contributed by atoms with Gasteiger partial charge in [0, 0.05) is 17.9 Å². The van der Waals surface area contributed by atoms with Crippen molar-refractivity contribution in [1.29, 1.82) is 0 Å². The Bertz CT molecular complexity index is 507. The second-order valence-electron chi connectivity index (χ2n) is 7.68. The number of ether oxygens (including phenoxy) is 1. The molecule has 0 unspecified atom stereocenters. The lowest BCUT2D eigenvalue weighted by atomic mass is 9.63. The van der Waals surface area contributed by atoms with E-state index in [0.717, 1.165) is 18.5 Å². The van der Waals surface area contributed by atoms with Gasteiger partial charge in [-0.1, -0.05) is 27.7 Å². The summed E-state index contributed by atoms with van der Waals surface area (Å²) in [4.78, 5) is 15.6. The first kappa shape index (κ1) is 15.8. The fourth-order valence-corrected chi connectivity index (χ4v) is 3.92. The van der Waals surface area contributed by atoms with E-state index in [1.807, 2.05) is 6.07 Å². The topological polar surface area (TPSA) is 51.2 Å². The zero-order chi connectivity index (χ0) is 15.7. The number of pyridine rings is 1. The van der Waals surface area contributed by atoms with E-state index in [-0.39, 0.29) is 0 Å². The number of hydrogen-bond donors (Lipinski definition) is 1. The third-order valence-corrected chi connectivity index (χ3v) is 4.08. The van der Waals surface area contributed by atoms with Crippen LogP contribution in [0.25, 0.3) is 0 Å². The first-order chi connectivity index (χ1) is 9.71. The van der Waals surface area contributed by atoms with Gasteiger partial charge in [-0.3, -0.25) is 0 Å². The number of nitrogens with zero attached hydrogens (tertiary/aromatic N) is 1. The second-order valence-corrected chi connectivity index (χ2v) is 7.68. The summed E-state index contributed by atoms with van der Waals surface area (Å²) in [5.41, 5.74) is 1.94. The molecule has 0 amide bonds. The lowest BCUT2D eigenvalue weighted by Crippen LogP contribution is -2.40. The SMILES string of the molecule is COC(=O)c1cc(NC2CC(C)(C)CC(C)(C)C2)ccn1. The Kier molecular flexibility index (Phi) is 4.26. The normalized spacial score (nSPS) is 20.8. The second kappa shape index (κ2) is 5.66. The molecule has 1 heterocycles. The molecular weight excluding hydrogens is 264 g/mol. The number of aromatic nitrogens is 1. The van der Waals surface area contributed by atoms with Gasteiger partial charge in [-0.2, -0.15) is 0 Å². The predicted octanol–water partition coefficient (Wildman–Crippen LogP) is 3.89. The summed E-state index contributed by atoms with van der Waals surface area (Å²) in [6.45, 7) is 9.31. The van der Waals surface area contributed by atoms with E-state index in [1.54, 1.807) is 12.3 Å². The van der Waals surface area contributed by atoms with Crippen LogP contribution >= 0.6 is 0 Å². The number of hydrogen-bond acceptors (Lipinski definition) is 4. The van der Waals surface area contributed by atoms with Crippen molar-refractivity contribution in [2.24, 2.45) is 10.8 Å². The lowest BCUT2D eigenvalue weighted by molar-refractivity contribution is 0.0594. The summed E-state index contributed by atoms with van der Waals surface area (Å²) in [6.07, 6.45) is 5.15. The summed E-state index contributed by atoms with van der Waals surface area (Å²) < 4.78 is 4.72. The fourth-order valence-electron chi connectivity index (χ4n) is 3.92. The van der Waals surface area contributed by atoms with Gasteiger partial charge in [0.2, 0.25) is 0 Å². The average molecular weight is 290 g/mol. The summed E-state index contributed by atoms with van der Waals surface area (Å²) in [7, 11) is 1.37. The van der Waals surface area contributed by atoms with Crippen molar-refractivity contribution in [3.05, 3.63) is 24.0 Å². The Hall–Kier alpha value is -1.58. The molecule has 2 rings (SSSR count). The van der Waals surface area contributed by atoms with Gasteiger partial charge >= 0.3 is 5.97 Å². The van der Waals surface area contributed by atoms with Crippen LogP contribution in [-0.4, -0.2) is 24.1 Å². The van der Waals surface area contributed by atoms with Crippen molar-refractivity contribution in [1.82, 2.24) is 4.98 Å². The van der Waals surface area contributed by atoms with Gasteiger partial charge in [0.25, 0.3) is 0 Å². The maximum Gasteiger partial charge on any atom is 0.356 e. The minimum absolute atomic E-state index is 0.331. The Balaban J connectivity index is 2.12. The van der Waals surface area contributed by atoms with E-state index in [4.69, 9.17) is 4.74 Å². The molecule has 1 aromatic heterocycles. The lowest BCUT2D eigenvalue weighted by Gasteiger charge is -2.45. The van der Waals surface area contributed by atoms with E-state index >= 15 is 0 Å². The van der Waals surface area contributed by atoms with Crippen molar-refractivity contribution in [3.63, 3.8) is 0 Å². The van der Waals surface area contributed by atoms with E-state index in [0.29, 0.717) is 22.6 Å². The maximum atomic E-state index is 11.6. The number of carbonyl (C=O) groups is 1. The molecule has 21 heavy (non-hydrogen) atoms. The van der Waals surface area contributed by atoms with Gasteiger partial charge in [-0.25, -0.2) is 9.78 Å². The van der Waals surface area contributed by atoms with Gasteiger partial charge in [0.05, 0.1) is 7.11 Å². The van der Waals surface area contributed by atoms with Gasteiger partial charge in [0.1, 0.15) is 5.69 Å². The van der Waals surface area contributed by atoms with E-state index in [2.05, 4.69) is 38.0 Å². The number of anilines is 1. The molecule has 116 valence electrons. The molecular formula is C17H26N2O2. The molecule has 4 heteroatoms. The third kappa shape index (κ3) is 4.19. The minimum Gasteiger partial charge on any atom is -0.464 e. The molecule has 1 fully saturated rings. The minimum atomic E-state index is -0.400. The van der Waals surface area contributed by atoms with Crippen LogP contribution in [0.15, 0.2) is 18.3 Å². The smallest absolute Gasteiger partial charge is 0.356 e. The average Bonchev–Trinajstić information content (AvgIpc) is 2.34. The monoisotopic (exact) mass is 290 g/mol. The molecule has 4 nitrogen and oxygen atoms in total. The molecule has 0 spiro atoms. The zero-order valence-corrected chi connectivity index (χ0v) is 13.7. The summed E-state index contributed by atoms with van der Waals surface area (Å²) >= 11 is 0. The highest BCUT2D eigenvalue weighted by molar-refractivity contribution is 5.88. The van der Waals surface area contributed by atoms with Gasteiger partial charge < -0.3 is 10.1 Å². The maximum absolute atomic E-state index is 11.6. The van der Waals surface area contributed by atoms with E-state index < -0.39 is 5.97 Å². The molecule has 0 bridgehead atoms. The van der Waals surface area contributed by atoms with Crippen LogP contribution < -0.4 is 5.32 Å². The number of esters is 1. The summed E-state index contributed by atoms with van der Waals surface area (Å²) in [6, 6.07) is 4.08. The molecule has 0 atom stereocenters. The van der Waals surface area contributed by atoms with Crippen molar-refractivity contribution < 1.29 is 9.53 Å². The standard InChI is InChI=1S/C17H26N2O2/c1-16(2)9-13(10-17(3,4)11-16)19-12-6-7-18-14(8-12)15(20)21-5/h6-8,13H,9-11H2,1-5H3,(H,18,19). The Morgan fingerprint density at radius 2 is 1.90 bits per heavy atom. The number of methoxy groups -OCH3 is 1. The quantitative estimate of drug-likeness (QED) is 0.858. The zero-order valence-electron chi connectivity index (χ0n) is 13.7. The Morgan fingerprint density at radius 3 is 2.48 bits per heavy atom. The van der Waals surface area contributed by atoms with Crippen LogP contribution in [0, 0.1) is 10.8 Å².